The number of aromatic hydroxyl groups is 1. The molecule has 0 radical (unpaired) electrons. The first-order valence-corrected chi connectivity index (χ1v) is 8.39. The van der Waals surface area contributed by atoms with Crippen LogP contribution in [0.25, 0.3) is 0 Å². The molecule has 0 bridgehead atoms. The predicted octanol–water partition coefficient (Wildman–Crippen LogP) is 3.23. The highest BCUT2D eigenvalue weighted by molar-refractivity contribution is 6.30. The molecule has 0 fully saturated rings. The molecular formula is C18H17ClFN5O2. The molecule has 0 atom stereocenters. The highest BCUT2D eigenvalue weighted by Gasteiger charge is 2.18. The molecule has 3 aromatic rings. The molecule has 1 heterocycles. The van der Waals surface area contributed by atoms with Crippen molar-refractivity contribution in [3.8, 4) is 5.75 Å². The van der Waals surface area contributed by atoms with E-state index < -0.39 is 11.7 Å². The van der Waals surface area contributed by atoms with E-state index >= 15 is 0 Å². The summed E-state index contributed by atoms with van der Waals surface area (Å²) >= 11 is 5.67. The lowest BCUT2D eigenvalue weighted by molar-refractivity contribution is 0.100. The number of hydrogen-bond acceptors (Lipinski definition) is 5. The van der Waals surface area contributed by atoms with Gasteiger partial charge in [-0.3, -0.25) is 9.89 Å². The molecule has 0 unspecified atom stereocenters. The molecule has 0 aliphatic rings. The van der Waals surface area contributed by atoms with Crippen molar-refractivity contribution in [3.05, 3.63) is 70.0 Å². The number of aromatic nitrogens is 2. The number of carbonyl (C=O) groups is 1. The van der Waals surface area contributed by atoms with Crippen LogP contribution in [0.5, 0.6) is 5.75 Å². The van der Waals surface area contributed by atoms with Gasteiger partial charge in [-0.05, 0) is 35.4 Å². The topological polar surface area (TPSA) is 116 Å². The summed E-state index contributed by atoms with van der Waals surface area (Å²) in [6.45, 7) is 0.626. The Labute approximate surface area is 159 Å². The highest BCUT2D eigenvalue weighted by Crippen LogP contribution is 2.23. The Bertz CT molecular complexity index is 959. The van der Waals surface area contributed by atoms with Gasteiger partial charge in [0.1, 0.15) is 22.9 Å². The van der Waals surface area contributed by atoms with Gasteiger partial charge in [-0.1, -0.05) is 29.8 Å². The van der Waals surface area contributed by atoms with Gasteiger partial charge < -0.3 is 21.5 Å². The molecule has 2 aromatic carbocycles. The van der Waals surface area contributed by atoms with Gasteiger partial charge in [0, 0.05) is 13.1 Å². The van der Waals surface area contributed by atoms with E-state index in [9.17, 15) is 14.3 Å². The summed E-state index contributed by atoms with van der Waals surface area (Å²) in [5.74, 6) is -0.402. The van der Waals surface area contributed by atoms with Crippen LogP contribution >= 0.6 is 11.6 Å². The van der Waals surface area contributed by atoms with Crippen molar-refractivity contribution >= 4 is 29.1 Å². The van der Waals surface area contributed by atoms with Crippen molar-refractivity contribution in [2.45, 2.75) is 13.1 Å². The summed E-state index contributed by atoms with van der Waals surface area (Å²) in [7, 11) is 0. The van der Waals surface area contributed by atoms with E-state index in [0.717, 1.165) is 5.56 Å². The normalized spacial score (nSPS) is 10.6. The van der Waals surface area contributed by atoms with Crippen molar-refractivity contribution < 1.29 is 14.3 Å². The summed E-state index contributed by atoms with van der Waals surface area (Å²) in [6.07, 6.45) is 0. The Balaban J connectivity index is 1.71. The number of H-pyrrole nitrogens is 1. The molecule has 1 amide bonds. The second-order valence-corrected chi connectivity index (χ2v) is 6.22. The number of phenols is 1. The summed E-state index contributed by atoms with van der Waals surface area (Å²) in [6, 6.07) is 11.1. The van der Waals surface area contributed by atoms with E-state index in [1.807, 2.05) is 0 Å². The number of nitrogens with zero attached hydrogens (tertiary/aromatic N) is 1. The highest BCUT2D eigenvalue weighted by atomic mass is 35.5. The van der Waals surface area contributed by atoms with Gasteiger partial charge in [0.15, 0.2) is 5.82 Å². The number of halogens is 2. The van der Waals surface area contributed by atoms with Crippen LogP contribution in [0.4, 0.5) is 16.0 Å². The number of phenolic OH excluding ortho intramolecular Hbond substituents is 1. The minimum Gasteiger partial charge on any atom is -0.508 e. The van der Waals surface area contributed by atoms with Crippen LogP contribution in [0.3, 0.4) is 0 Å². The fourth-order valence-electron chi connectivity index (χ4n) is 2.48. The Hall–Kier alpha value is -3.26. The fourth-order valence-corrected chi connectivity index (χ4v) is 2.59. The zero-order valence-corrected chi connectivity index (χ0v) is 14.8. The van der Waals surface area contributed by atoms with Crippen molar-refractivity contribution in [2.75, 3.05) is 10.6 Å². The maximum Gasteiger partial charge on any atom is 0.256 e. The minimum absolute atomic E-state index is 0.0389. The third-order valence-corrected chi connectivity index (χ3v) is 4.17. The van der Waals surface area contributed by atoms with Gasteiger partial charge in [-0.2, -0.15) is 5.10 Å². The van der Waals surface area contributed by atoms with Crippen LogP contribution in [0.15, 0.2) is 42.5 Å². The van der Waals surface area contributed by atoms with Crippen molar-refractivity contribution in [1.82, 2.24) is 10.2 Å². The summed E-state index contributed by atoms with van der Waals surface area (Å²) in [4.78, 5) is 11.8. The zero-order chi connectivity index (χ0) is 19.4. The quantitative estimate of drug-likeness (QED) is 0.425. The van der Waals surface area contributed by atoms with Crippen LogP contribution in [0.2, 0.25) is 5.02 Å². The molecule has 0 spiro atoms. The minimum atomic E-state index is -0.665. The van der Waals surface area contributed by atoms with E-state index in [1.165, 1.54) is 12.1 Å². The van der Waals surface area contributed by atoms with Gasteiger partial charge in [-0.15, -0.1) is 0 Å². The van der Waals surface area contributed by atoms with Crippen LogP contribution in [0, 0.1) is 5.82 Å². The number of carbonyl (C=O) groups excluding carboxylic acids is 1. The Kier molecular flexibility index (Phi) is 5.46. The molecule has 0 saturated heterocycles. The van der Waals surface area contributed by atoms with Gasteiger partial charge in [0.05, 0.1) is 5.02 Å². The van der Waals surface area contributed by atoms with Crippen LogP contribution in [-0.4, -0.2) is 21.2 Å². The second-order valence-electron chi connectivity index (χ2n) is 5.81. The Morgan fingerprint density at radius 1 is 1.15 bits per heavy atom. The van der Waals surface area contributed by atoms with Crippen molar-refractivity contribution in [3.63, 3.8) is 0 Å². The monoisotopic (exact) mass is 389 g/mol. The largest absolute Gasteiger partial charge is 0.508 e. The third kappa shape index (κ3) is 4.48. The van der Waals surface area contributed by atoms with Gasteiger partial charge >= 0.3 is 0 Å². The second kappa shape index (κ2) is 7.96. The molecule has 1 aromatic heterocycles. The first-order valence-electron chi connectivity index (χ1n) is 8.02. The average molecular weight is 390 g/mol. The van der Waals surface area contributed by atoms with Crippen LogP contribution < -0.4 is 16.4 Å². The van der Waals surface area contributed by atoms with E-state index in [2.05, 4.69) is 20.8 Å². The number of nitrogens with one attached hydrogen (secondary N) is 3. The van der Waals surface area contributed by atoms with Crippen molar-refractivity contribution in [1.29, 1.82) is 0 Å². The number of amides is 1. The molecule has 27 heavy (non-hydrogen) atoms. The summed E-state index contributed by atoms with van der Waals surface area (Å²) in [5.41, 5.74) is 7.17. The van der Waals surface area contributed by atoms with E-state index in [1.54, 1.807) is 30.3 Å². The maximum atomic E-state index is 13.5. The summed E-state index contributed by atoms with van der Waals surface area (Å²) < 4.78 is 13.5. The number of hydrogen-bond donors (Lipinski definition) is 5. The number of rotatable bonds is 7. The van der Waals surface area contributed by atoms with E-state index in [-0.39, 0.29) is 28.7 Å². The molecule has 0 aliphatic heterocycles. The number of primary amides is 1. The lowest BCUT2D eigenvalue weighted by Crippen LogP contribution is -2.16. The van der Waals surface area contributed by atoms with Crippen LogP contribution in [-0.2, 0) is 13.1 Å². The molecule has 140 valence electrons. The SMILES string of the molecule is NC(=O)c1c(NCc2ccc(Cl)c(F)c2)n[nH]c1NCc1ccc(O)cc1. The predicted molar refractivity (Wildman–Crippen MR) is 101 cm³/mol. The van der Waals surface area contributed by atoms with Gasteiger partial charge in [-0.25, -0.2) is 4.39 Å². The van der Waals surface area contributed by atoms with Crippen molar-refractivity contribution in [2.24, 2.45) is 5.73 Å². The summed E-state index contributed by atoms with van der Waals surface area (Å²) in [5, 5.41) is 22.1. The smallest absolute Gasteiger partial charge is 0.256 e. The Morgan fingerprint density at radius 2 is 1.81 bits per heavy atom. The molecule has 7 nitrogen and oxygen atoms in total. The molecular weight excluding hydrogens is 373 g/mol. The number of aromatic amines is 1. The van der Waals surface area contributed by atoms with Crippen LogP contribution in [0.1, 0.15) is 21.5 Å². The number of nitrogens with two attached hydrogens (primary N) is 1. The number of benzene rings is 2. The van der Waals surface area contributed by atoms with E-state index in [4.69, 9.17) is 17.3 Å². The lowest BCUT2D eigenvalue weighted by atomic mass is 10.2. The third-order valence-electron chi connectivity index (χ3n) is 3.86. The molecule has 6 N–H and O–H groups in total. The first kappa shape index (κ1) is 18.5. The standard InChI is InChI=1S/C18H17ClFN5O2/c19-13-6-3-11(7-14(13)20)9-23-18-15(16(21)27)17(24-25-18)22-8-10-1-4-12(26)5-2-10/h1-7,26H,8-9H2,(H2,21,27)(H3,22,23,24,25). The van der Waals surface area contributed by atoms with E-state index in [0.29, 0.717) is 17.9 Å². The molecule has 9 heteroatoms. The Morgan fingerprint density at radius 3 is 2.48 bits per heavy atom. The first-order chi connectivity index (χ1) is 12.9. The van der Waals surface area contributed by atoms with Gasteiger partial charge in [0.2, 0.25) is 0 Å². The van der Waals surface area contributed by atoms with Gasteiger partial charge in [0.25, 0.3) is 5.91 Å². The zero-order valence-electron chi connectivity index (χ0n) is 14.1. The maximum absolute atomic E-state index is 13.5. The fraction of sp³-hybridized carbons (Fsp3) is 0.111. The molecule has 3 rings (SSSR count). The number of anilines is 2. The lowest BCUT2D eigenvalue weighted by Gasteiger charge is -2.08. The molecule has 0 aliphatic carbocycles. The molecule has 0 saturated carbocycles. The average Bonchev–Trinajstić information content (AvgIpc) is 3.05.